The third kappa shape index (κ3) is 2.73. The maximum Gasteiger partial charge on any atom is 0.338 e. The maximum atomic E-state index is 11.5. The number of para-hydroxylation sites is 1. The minimum absolute atomic E-state index is 0.359. The Morgan fingerprint density at radius 2 is 2.00 bits per heavy atom. The molecule has 0 spiro atoms. The van der Waals surface area contributed by atoms with Crippen LogP contribution in [0.3, 0.4) is 0 Å². The van der Waals surface area contributed by atoms with Crippen molar-refractivity contribution in [1.29, 1.82) is 0 Å². The molecule has 0 amide bonds. The summed E-state index contributed by atoms with van der Waals surface area (Å²) in [6.45, 7) is 2.04. The molecule has 0 unspecified atom stereocenters. The van der Waals surface area contributed by atoms with Crippen LogP contribution in [0.1, 0.15) is 15.9 Å². The SMILES string of the molecule is COC(=O)c1ccnc(N(C)c2ccccc2C)c1. The predicted octanol–water partition coefficient (Wildman–Crippen LogP) is 2.94. The maximum absolute atomic E-state index is 11.5. The molecular formula is C15H16N2O2. The van der Waals surface area contributed by atoms with Gasteiger partial charge in [0, 0.05) is 18.9 Å². The van der Waals surface area contributed by atoms with E-state index in [-0.39, 0.29) is 5.97 Å². The summed E-state index contributed by atoms with van der Waals surface area (Å²) in [5.74, 6) is 0.346. The predicted molar refractivity (Wildman–Crippen MR) is 74.8 cm³/mol. The van der Waals surface area contributed by atoms with Crippen molar-refractivity contribution in [2.45, 2.75) is 6.92 Å². The van der Waals surface area contributed by atoms with E-state index in [4.69, 9.17) is 4.74 Å². The average molecular weight is 256 g/mol. The summed E-state index contributed by atoms with van der Waals surface area (Å²) in [4.78, 5) is 17.8. The number of methoxy groups -OCH3 is 1. The summed E-state index contributed by atoms with van der Waals surface area (Å²) in [5.41, 5.74) is 2.69. The Labute approximate surface area is 112 Å². The molecule has 1 heterocycles. The molecule has 98 valence electrons. The normalized spacial score (nSPS) is 10.1. The molecule has 4 heteroatoms. The number of pyridine rings is 1. The molecular weight excluding hydrogens is 240 g/mol. The molecule has 0 fully saturated rings. The number of hydrogen-bond donors (Lipinski definition) is 0. The molecule has 0 atom stereocenters. The van der Waals surface area contributed by atoms with Crippen molar-refractivity contribution in [2.24, 2.45) is 0 Å². The van der Waals surface area contributed by atoms with E-state index in [1.165, 1.54) is 7.11 Å². The summed E-state index contributed by atoms with van der Waals surface area (Å²) in [6, 6.07) is 11.4. The van der Waals surface area contributed by atoms with E-state index in [2.05, 4.69) is 4.98 Å². The van der Waals surface area contributed by atoms with Crippen LogP contribution in [0.4, 0.5) is 11.5 Å². The molecule has 2 aromatic rings. The van der Waals surface area contributed by atoms with E-state index in [1.54, 1.807) is 18.3 Å². The number of anilines is 2. The molecule has 0 bridgehead atoms. The minimum Gasteiger partial charge on any atom is -0.465 e. The fourth-order valence-corrected chi connectivity index (χ4v) is 1.91. The number of hydrogen-bond acceptors (Lipinski definition) is 4. The Bertz CT molecular complexity index is 596. The van der Waals surface area contributed by atoms with Gasteiger partial charge in [0.05, 0.1) is 12.7 Å². The van der Waals surface area contributed by atoms with E-state index >= 15 is 0 Å². The van der Waals surface area contributed by atoms with Gasteiger partial charge in [-0.05, 0) is 30.7 Å². The molecule has 4 nitrogen and oxygen atoms in total. The number of esters is 1. The van der Waals surface area contributed by atoms with Crippen LogP contribution in [0.15, 0.2) is 42.6 Å². The summed E-state index contributed by atoms with van der Waals surface area (Å²) in [5, 5.41) is 0. The van der Waals surface area contributed by atoms with Gasteiger partial charge in [0.2, 0.25) is 0 Å². The van der Waals surface area contributed by atoms with Gasteiger partial charge in [-0.1, -0.05) is 18.2 Å². The molecule has 0 aliphatic rings. The molecule has 0 saturated carbocycles. The summed E-state index contributed by atoms with van der Waals surface area (Å²) < 4.78 is 4.72. The summed E-state index contributed by atoms with van der Waals surface area (Å²) >= 11 is 0. The van der Waals surface area contributed by atoms with Gasteiger partial charge >= 0.3 is 5.97 Å². The van der Waals surface area contributed by atoms with Crippen LogP contribution in [0.5, 0.6) is 0 Å². The first-order valence-corrected chi connectivity index (χ1v) is 5.97. The number of ether oxygens (including phenoxy) is 1. The molecule has 0 radical (unpaired) electrons. The summed E-state index contributed by atoms with van der Waals surface area (Å²) in [7, 11) is 3.29. The van der Waals surface area contributed by atoms with E-state index < -0.39 is 0 Å². The largest absolute Gasteiger partial charge is 0.465 e. The van der Waals surface area contributed by atoms with Crippen molar-refractivity contribution in [2.75, 3.05) is 19.1 Å². The van der Waals surface area contributed by atoms with Crippen molar-refractivity contribution in [3.63, 3.8) is 0 Å². The van der Waals surface area contributed by atoms with E-state index in [0.717, 1.165) is 11.3 Å². The van der Waals surface area contributed by atoms with Gasteiger partial charge < -0.3 is 9.64 Å². The van der Waals surface area contributed by atoms with Crippen LogP contribution >= 0.6 is 0 Å². The fourth-order valence-electron chi connectivity index (χ4n) is 1.91. The third-order valence-electron chi connectivity index (χ3n) is 2.99. The van der Waals surface area contributed by atoms with Gasteiger partial charge in [-0.25, -0.2) is 9.78 Å². The zero-order chi connectivity index (χ0) is 13.8. The highest BCUT2D eigenvalue weighted by Crippen LogP contribution is 2.25. The fraction of sp³-hybridized carbons (Fsp3) is 0.200. The Kier molecular flexibility index (Phi) is 3.80. The molecule has 0 aliphatic heterocycles. The highest BCUT2D eigenvalue weighted by atomic mass is 16.5. The van der Waals surface area contributed by atoms with E-state index in [1.807, 2.05) is 43.1 Å². The van der Waals surface area contributed by atoms with Crippen LogP contribution in [0, 0.1) is 6.92 Å². The lowest BCUT2D eigenvalue weighted by Crippen LogP contribution is -2.13. The number of rotatable bonds is 3. The second-order valence-corrected chi connectivity index (χ2v) is 4.24. The Hall–Kier alpha value is -2.36. The molecule has 1 aromatic carbocycles. The van der Waals surface area contributed by atoms with Gasteiger partial charge in [-0.2, -0.15) is 0 Å². The van der Waals surface area contributed by atoms with Crippen molar-refractivity contribution in [3.8, 4) is 0 Å². The van der Waals surface area contributed by atoms with Crippen LogP contribution < -0.4 is 4.90 Å². The van der Waals surface area contributed by atoms with Crippen molar-refractivity contribution in [3.05, 3.63) is 53.7 Å². The molecule has 19 heavy (non-hydrogen) atoms. The molecule has 0 N–H and O–H groups in total. The highest BCUT2D eigenvalue weighted by molar-refractivity contribution is 5.90. The van der Waals surface area contributed by atoms with Crippen molar-refractivity contribution >= 4 is 17.5 Å². The van der Waals surface area contributed by atoms with Crippen molar-refractivity contribution < 1.29 is 9.53 Å². The Morgan fingerprint density at radius 3 is 2.68 bits per heavy atom. The molecule has 0 saturated heterocycles. The highest BCUT2D eigenvalue weighted by Gasteiger charge is 2.11. The van der Waals surface area contributed by atoms with Crippen LogP contribution in [0.25, 0.3) is 0 Å². The minimum atomic E-state index is -0.359. The monoisotopic (exact) mass is 256 g/mol. The van der Waals surface area contributed by atoms with Crippen LogP contribution in [0.2, 0.25) is 0 Å². The van der Waals surface area contributed by atoms with Gasteiger partial charge in [0.15, 0.2) is 0 Å². The van der Waals surface area contributed by atoms with Gasteiger partial charge in [-0.15, -0.1) is 0 Å². The van der Waals surface area contributed by atoms with Gasteiger partial charge in [-0.3, -0.25) is 0 Å². The summed E-state index contributed by atoms with van der Waals surface area (Å²) in [6.07, 6.45) is 1.61. The number of carbonyl (C=O) groups excluding carboxylic acids is 1. The second-order valence-electron chi connectivity index (χ2n) is 4.24. The first-order valence-electron chi connectivity index (χ1n) is 5.97. The number of aryl methyl sites for hydroxylation is 1. The van der Waals surface area contributed by atoms with Crippen LogP contribution in [-0.2, 0) is 4.74 Å². The standard InChI is InChI=1S/C15H16N2O2/c1-11-6-4-5-7-13(11)17(2)14-10-12(8-9-16-14)15(18)19-3/h4-10H,1-3H3. The second kappa shape index (κ2) is 5.52. The lowest BCUT2D eigenvalue weighted by Gasteiger charge is -2.20. The molecule has 1 aromatic heterocycles. The van der Waals surface area contributed by atoms with Gasteiger partial charge in [0.1, 0.15) is 5.82 Å². The number of benzene rings is 1. The first kappa shape index (κ1) is 13.1. The zero-order valence-electron chi connectivity index (χ0n) is 11.3. The molecule has 0 aliphatic carbocycles. The lowest BCUT2D eigenvalue weighted by atomic mass is 10.2. The zero-order valence-corrected chi connectivity index (χ0v) is 11.3. The Morgan fingerprint density at radius 1 is 1.26 bits per heavy atom. The average Bonchev–Trinajstić information content (AvgIpc) is 2.46. The van der Waals surface area contributed by atoms with E-state index in [9.17, 15) is 4.79 Å². The lowest BCUT2D eigenvalue weighted by molar-refractivity contribution is 0.0600. The van der Waals surface area contributed by atoms with Crippen LogP contribution in [-0.4, -0.2) is 25.1 Å². The number of aromatic nitrogens is 1. The molecule has 2 rings (SSSR count). The van der Waals surface area contributed by atoms with E-state index in [0.29, 0.717) is 11.4 Å². The smallest absolute Gasteiger partial charge is 0.338 e. The first-order chi connectivity index (χ1) is 9.13. The number of nitrogens with zero attached hydrogens (tertiary/aromatic N) is 2. The third-order valence-corrected chi connectivity index (χ3v) is 2.99. The van der Waals surface area contributed by atoms with Crippen molar-refractivity contribution in [1.82, 2.24) is 4.98 Å². The quantitative estimate of drug-likeness (QED) is 0.792. The topological polar surface area (TPSA) is 42.4 Å². The number of carbonyl (C=O) groups is 1. The van der Waals surface area contributed by atoms with Gasteiger partial charge in [0.25, 0.3) is 0 Å². The Balaban J connectivity index is 2.37.